The molecule has 4 unspecified atom stereocenters. The van der Waals surface area contributed by atoms with Crippen molar-refractivity contribution < 1.29 is 71.6 Å². The fourth-order valence-corrected chi connectivity index (χ4v) is 9.61. The molecule has 60 heavy (non-hydrogen) atoms. The van der Waals surface area contributed by atoms with Gasteiger partial charge >= 0.3 is 51.2 Å². The number of hydrogen-bond donors (Lipinski definition) is 6. The molecule has 5 saturated heterocycles. The van der Waals surface area contributed by atoms with Crippen LogP contribution in [-0.2, 0) is 51.2 Å². The minimum absolute atomic E-state index is 0. The van der Waals surface area contributed by atoms with E-state index in [1.54, 1.807) is 0 Å². The SMILES string of the molecule is C1=CCC(C2CCCC[N-]2)[N-]C1.C1CC(C2CC[N-]CC2)CC[N-]1.C1CCC(C2CCCC[N-]2)[N-]C1.NC1CCC(C(O)O)CC1.NC1CCC(C(O)O)CC1.[Cu+2].[Cu+].[Cu+].[NH2-]. The molecule has 6 heterocycles. The van der Waals surface area contributed by atoms with E-state index < -0.39 is 12.6 Å². The first-order valence-electron chi connectivity index (χ1n) is 23.1. The number of hydrogen-bond acceptors (Lipinski definition) is 6. The minimum Gasteiger partial charge on any atom is -0.693 e. The Hall–Kier alpha value is 0.778. The molecule has 2 aliphatic carbocycles. The van der Waals surface area contributed by atoms with E-state index in [0.29, 0.717) is 24.2 Å². The van der Waals surface area contributed by atoms with Gasteiger partial charge in [0.05, 0.1) is 0 Å². The van der Waals surface area contributed by atoms with Gasteiger partial charge in [0.2, 0.25) is 0 Å². The van der Waals surface area contributed by atoms with Crippen LogP contribution in [0.5, 0.6) is 0 Å². The molecule has 8 aliphatic rings. The predicted octanol–water partition coefficient (Wildman–Crippen LogP) is 8.35. The summed E-state index contributed by atoms with van der Waals surface area (Å²) in [6.45, 7) is 8.66. The predicted molar refractivity (Wildman–Crippen MR) is 237 cm³/mol. The molecule has 2 saturated carbocycles. The first-order chi connectivity index (χ1) is 27.3. The van der Waals surface area contributed by atoms with Crippen molar-refractivity contribution >= 4 is 0 Å². The Bertz CT molecular complexity index is 894. The fraction of sp³-hybridized carbons (Fsp3) is 0.955. The number of aliphatic hydroxyl groups is 4. The van der Waals surface area contributed by atoms with Crippen molar-refractivity contribution in [2.45, 2.75) is 190 Å². The zero-order chi connectivity index (χ0) is 39.8. The molecule has 0 aromatic rings. The molecule has 1 radical (unpaired) electrons. The molecule has 7 fully saturated rings. The van der Waals surface area contributed by atoms with E-state index in [0.717, 1.165) is 122 Å². The van der Waals surface area contributed by atoms with E-state index >= 15 is 0 Å². The van der Waals surface area contributed by atoms with Crippen molar-refractivity contribution in [3.05, 3.63) is 50.2 Å². The summed E-state index contributed by atoms with van der Waals surface area (Å²) in [7, 11) is 0. The van der Waals surface area contributed by atoms with Crippen LogP contribution in [0, 0.1) is 23.7 Å². The second-order valence-corrected chi connectivity index (χ2v) is 17.7. The Morgan fingerprint density at radius 3 is 1.05 bits per heavy atom. The molecule has 6 aliphatic heterocycles. The molecule has 0 aromatic heterocycles. The molecule has 13 nitrogen and oxygen atoms in total. The van der Waals surface area contributed by atoms with E-state index in [-0.39, 0.29) is 81.3 Å². The van der Waals surface area contributed by atoms with Crippen molar-refractivity contribution in [2.75, 3.05) is 52.4 Å². The normalized spacial score (nSPS) is 32.3. The molecule has 0 aromatic carbocycles. The van der Waals surface area contributed by atoms with Crippen LogP contribution in [0.3, 0.4) is 0 Å². The molecule has 16 heteroatoms. The van der Waals surface area contributed by atoms with Crippen molar-refractivity contribution in [1.29, 1.82) is 0 Å². The number of nitrogens with zero attached hydrogens (tertiary/aromatic N) is 6. The van der Waals surface area contributed by atoms with Crippen LogP contribution in [0.2, 0.25) is 0 Å². The Morgan fingerprint density at radius 1 is 0.417 bits per heavy atom. The summed E-state index contributed by atoms with van der Waals surface area (Å²) in [5.41, 5.74) is 11.3. The van der Waals surface area contributed by atoms with Gasteiger partial charge in [-0.15, -0.1) is 64.5 Å². The van der Waals surface area contributed by atoms with Crippen molar-refractivity contribution in [2.24, 2.45) is 35.1 Å². The molecule has 8 rings (SSSR count). The Labute approximate surface area is 397 Å². The van der Waals surface area contributed by atoms with Crippen LogP contribution in [0.15, 0.2) is 12.2 Å². The zero-order valence-corrected chi connectivity index (χ0v) is 39.2. The van der Waals surface area contributed by atoms with Crippen molar-refractivity contribution in [3.63, 3.8) is 0 Å². The van der Waals surface area contributed by atoms with Crippen LogP contribution in [0.4, 0.5) is 0 Å². The monoisotopic (exact) mass is 991 g/mol. The average molecular weight is 994 g/mol. The third kappa shape index (κ3) is 24.9. The fourth-order valence-electron chi connectivity index (χ4n) is 9.61. The quantitative estimate of drug-likeness (QED) is 0.0896. The van der Waals surface area contributed by atoms with Crippen LogP contribution < -0.4 is 11.5 Å². The van der Waals surface area contributed by atoms with Crippen LogP contribution >= 0.6 is 0 Å². The van der Waals surface area contributed by atoms with Gasteiger partial charge in [-0.05, 0) is 63.2 Å². The van der Waals surface area contributed by atoms with Gasteiger partial charge in [-0.2, -0.15) is 18.1 Å². The average Bonchev–Trinajstić information content (AvgIpc) is 3.27. The van der Waals surface area contributed by atoms with Crippen LogP contribution in [-0.4, -0.2) is 122 Å². The summed E-state index contributed by atoms with van der Waals surface area (Å²) in [5.74, 6) is 2.11. The standard InChI is InChI=1S/2C10H18N2.C10H16N2.2C7H15NO2.3Cu.H2N/c1-5-11-6-2-9(1)10-3-7-12-8-4-10;2*1-3-7-11-9(5-1)10-6-2-4-8-12-10;2*8-6-3-1-5(2-4-6)7(9)10;;;;/h2*9-10H,1-8H2;1,3,9-10H,2,4-8H2;2*5-7,9-10H,1-4,8H2;;;;1H2/q3*-2;;;2*+1;+2;-1. The molecule has 365 valence electrons. The number of rotatable bonds is 5. The van der Waals surface area contributed by atoms with Gasteiger partial charge in [0, 0.05) is 23.9 Å². The van der Waals surface area contributed by atoms with Gasteiger partial charge in [-0.25, -0.2) is 0 Å². The smallest absolute Gasteiger partial charge is 0.693 e. The third-order valence-electron chi connectivity index (χ3n) is 13.5. The second-order valence-electron chi connectivity index (χ2n) is 17.7. The topological polar surface area (TPSA) is 251 Å². The summed E-state index contributed by atoms with van der Waals surface area (Å²) < 4.78 is 0. The first-order valence-corrected chi connectivity index (χ1v) is 23.1. The number of aliphatic hydroxyl groups excluding tert-OH is 2. The number of nitrogens with two attached hydrogens (primary N) is 3. The Morgan fingerprint density at radius 2 is 0.767 bits per heavy atom. The summed E-state index contributed by atoms with van der Waals surface area (Å²) in [6.07, 6.45) is 27.7. The zero-order valence-electron chi connectivity index (χ0n) is 36.4. The molecule has 0 amide bonds. The van der Waals surface area contributed by atoms with Gasteiger partial charge in [0.25, 0.3) is 0 Å². The second kappa shape index (κ2) is 36.9. The van der Waals surface area contributed by atoms with Gasteiger partial charge < -0.3 is 69.9 Å². The minimum atomic E-state index is -1.13. The largest absolute Gasteiger partial charge is 2.00 e. The Balaban J connectivity index is 0.000000715. The molecular weight excluding hydrogens is 909 g/mol. The summed E-state index contributed by atoms with van der Waals surface area (Å²) in [5, 5.41) is 62.4. The van der Waals surface area contributed by atoms with Gasteiger partial charge in [-0.3, -0.25) is 0 Å². The first kappa shape index (κ1) is 60.8. The van der Waals surface area contributed by atoms with Gasteiger partial charge in [0.15, 0.2) is 12.6 Å². The van der Waals surface area contributed by atoms with Gasteiger partial charge in [0.1, 0.15) is 0 Å². The molecule has 0 bridgehead atoms. The summed E-state index contributed by atoms with van der Waals surface area (Å²) in [6, 6.07) is 2.82. The number of piperidine rings is 5. The molecule has 0 spiro atoms. The van der Waals surface area contributed by atoms with E-state index in [2.05, 4.69) is 44.1 Å². The maximum Gasteiger partial charge on any atom is 2.00 e. The maximum atomic E-state index is 8.78. The van der Waals surface area contributed by atoms with Crippen LogP contribution in [0.1, 0.15) is 141 Å². The Kier molecular flexibility index (Phi) is 37.4. The van der Waals surface area contributed by atoms with E-state index in [9.17, 15) is 0 Å². The van der Waals surface area contributed by atoms with E-state index in [1.165, 1.54) is 83.5 Å². The summed E-state index contributed by atoms with van der Waals surface area (Å²) >= 11 is 0. The van der Waals surface area contributed by atoms with Crippen molar-refractivity contribution in [1.82, 2.24) is 0 Å². The van der Waals surface area contributed by atoms with E-state index in [1.807, 2.05) is 0 Å². The molecular formula is C44H84Cu3N9O4-3. The van der Waals surface area contributed by atoms with Crippen LogP contribution in [0.25, 0.3) is 38.1 Å². The van der Waals surface area contributed by atoms with Gasteiger partial charge in [-0.1, -0.05) is 96.0 Å². The molecule has 10 N–H and O–H groups in total. The van der Waals surface area contributed by atoms with Crippen molar-refractivity contribution in [3.8, 4) is 0 Å². The molecule has 4 atom stereocenters. The van der Waals surface area contributed by atoms with E-state index in [4.69, 9.17) is 31.9 Å². The third-order valence-corrected chi connectivity index (χ3v) is 13.5. The summed E-state index contributed by atoms with van der Waals surface area (Å²) in [4.78, 5) is 0. The maximum absolute atomic E-state index is 8.78.